The van der Waals surface area contributed by atoms with Crippen LogP contribution in [-0.2, 0) is 6.42 Å². The summed E-state index contributed by atoms with van der Waals surface area (Å²) >= 11 is 0. The topological polar surface area (TPSA) is 137 Å². The third-order valence-electron chi connectivity index (χ3n) is 4.98. The van der Waals surface area contributed by atoms with Gasteiger partial charge in [-0.25, -0.2) is 4.79 Å². The lowest BCUT2D eigenvalue weighted by Gasteiger charge is -2.35. The standard InChI is InChI=1S/C17H23BN4O5/c1-10(8-22-6-5-13(19)14(23)9-22)20-15-7-11-3-2-4-12(17(24)25)16(11)27-18(15)21-26/h2-4,13-15,20,23H,1,5-9,19H2,(H,24,25). The van der Waals surface area contributed by atoms with E-state index in [2.05, 4.69) is 17.0 Å². The quantitative estimate of drug-likeness (QED) is 0.403. The highest BCUT2D eigenvalue weighted by molar-refractivity contribution is 6.53. The Hall–Kier alpha value is -2.43. The van der Waals surface area contributed by atoms with Crippen molar-refractivity contribution in [3.8, 4) is 5.75 Å². The fourth-order valence-corrected chi connectivity index (χ4v) is 3.55. The van der Waals surface area contributed by atoms with Gasteiger partial charge in [0.05, 0.1) is 17.6 Å². The highest BCUT2D eigenvalue weighted by atomic mass is 16.5. The molecule has 0 spiro atoms. The van der Waals surface area contributed by atoms with Crippen molar-refractivity contribution in [3.63, 3.8) is 0 Å². The second-order valence-electron chi connectivity index (χ2n) is 7.03. The summed E-state index contributed by atoms with van der Waals surface area (Å²) in [6.07, 6.45) is 0.514. The fraction of sp³-hybridized carbons (Fsp3) is 0.471. The van der Waals surface area contributed by atoms with Crippen LogP contribution < -0.4 is 15.7 Å². The molecular formula is C17H23BN4O5. The second-order valence-corrected chi connectivity index (χ2v) is 7.03. The van der Waals surface area contributed by atoms with E-state index in [-0.39, 0.29) is 17.4 Å². The van der Waals surface area contributed by atoms with Crippen LogP contribution in [0.4, 0.5) is 0 Å². The van der Waals surface area contributed by atoms with Crippen LogP contribution in [0.1, 0.15) is 22.3 Å². The predicted molar refractivity (Wildman–Crippen MR) is 100 cm³/mol. The van der Waals surface area contributed by atoms with Gasteiger partial charge in [-0.3, -0.25) is 4.90 Å². The maximum absolute atomic E-state index is 11.3. The number of piperidine rings is 1. The Labute approximate surface area is 157 Å². The Bertz CT molecular complexity index is 746. The van der Waals surface area contributed by atoms with Crippen LogP contribution >= 0.6 is 0 Å². The maximum atomic E-state index is 11.3. The van der Waals surface area contributed by atoms with Crippen LogP contribution in [0.15, 0.2) is 35.6 Å². The molecule has 3 atom stereocenters. The third kappa shape index (κ3) is 4.29. The van der Waals surface area contributed by atoms with E-state index in [0.29, 0.717) is 37.2 Å². The molecule has 1 aromatic rings. The van der Waals surface area contributed by atoms with Gasteiger partial charge in [-0.05, 0) is 24.5 Å². The Morgan fingerprint density at radius 2 is 2.30 bits per heavy atom. The zero-order valence-electron chi connectivity index (χ0n) is 14.9. The number of carboxylic acid groups (broad SMARTS) is 1. The van der Waals surface area contributed by atoms with Crippen molar-refractivity contribution in [3.05, 3.63) is 46.5 Å². The van der Waals surface area contributed by atoms with Gasteiger partial charge in [0.25, 0.3) is 0 Å². The summed E-state index contributed by atoms with van der Waals surface area (Å²) in [4.78, 5) is 24.6. The molecule has 2 aliphatic rings. The number of aliphatic hydroxyl groups excluding tert-OH is 1. The summed E-state index contributed by atoms with van der Waals surface area (Å²) in [5.41, 5.74) is 7.19. The number of fused-ring (bicyclic) bond motifs is 1. The summed E-state index contributed by atoms with van der Waals surface area (Å²) in [7, 11) is -1.06. The molecule has 3 unspecified atom stereocenters. The molecule has 9 nitrogen and oxygen atoms in total. The number of likely N-dealkylation sites (tertiary alicyclic amines) is 1. The minimum atomic E-state index is -1.12. The zero-order valence-corrected chi connectivity index (χ0v) is 14.9. The molecule has 1 aromatic carbocycles. The van der Waals surface area contributed by atoms with Crippen molar-refractivity contribution in [2.45, 2.75) is 30.9 Å². The number of carbonyl (C=O) groups is 1. The summed E-state index contributed by atoms with van der Waals surface area (Å²) < 4.78 is 5.57. The lowest BCUT2D eigenvalue weighted by atomic mass is 9.68. The van der Waals surface area contributed by atoms with E-state index in [4.69, 9.17) is 10.4 Å². The number of nitroso groups, excluding NO2 is 1. The number of aliphatic hydroxyl groups is 1. The number of aromatic carboxylic acids is 1. The minimum absolute atomic E-state index is 0.0112. The average molecular weight is 374 g/mol. The van der Waals surface area contributed by atoms with Crippen molar-refractivity contribution >= 4 is 13.0 Å². The largest absolute Gasteiger partial charge is 0.570 e. The number of hydrogen-bond acceptors (Lipinski definition) is 8. The number of nitrogens with zero attached hydrogens (tertiary/aromatic N) is 2. The van der Waals surface area contributed by atoms with E-state index < -0.39 is 25.1 Å². The number of benzene rings is 1. The Kier molecular flexibility index (Phi) is 5.78. The normalized spacial score (nSPS) is 25.3. The summed E-state index contributed by atoms with van der Waals surface area (Å²) in [6, 6.07) is 4.63. The van der Waals surface area contributed by atoms with Crippen LogP contribution in [-0.4, -0.2) is 65.9 Å². The molecular weight excluding hydrogens is 351 g/mol. The van der Waals surface area contributed by atoms with Gasteiger partial charge in [0, 0.05) is 31.4 Å². The van der Waals surface area contributed by atoms with Gasteiger partial charge >= 0.3 is 13.0 Å². The average Bonchev–Trinajstić information content (AvgIpc) is 2.63. The lowest BCUT2D eigenvalue weighted by Crippen LogP contribution is -2.53. The Morgan fingerprint density at radius 3 is 2.96 bits per heavy atom. The van der Waals surface area contributed by atoms with Gasteiger partial charge in [0.2, 0.25) is 0 Å². The molecule has 0 aromatic heterocycles. The lowest BCUT2D eigenvalue weighted by molar-refractivity contribution is 0.0573. The summed E-state index contributed by atoms with van der Waals surface area (Å²) in [5.74, 6) is -1.39. The van der Waals surface area contributed by atoms with Gasteiger partial charge < -0.3 is 25.9 Å². The molecule has 0 aliphatic carbocycles. The Balaban J connectivity index is 1.66. The van der Waals surface area contributed by atoms with Crippen LogP contribution in [0.25, 0.3) is 0 Å². The van der Waals surface area contributed by atoms with Crippen molar-refractivity contribution in [1.29, 1.82) is 0 Å². The minimum Gasteiger partial charge on any atom is -0.536 e. The van der Waals surface area contributed by atoms with E-state index in [0.717, 1.165) is 6.54 Å². The Morgan fingerprint density at radius 1 is 1.52 bits per heavy atom. The highest BCUT2D eigenvalue weighted by Gasteiger charge is 2.40. The monoisotopic (exact) mass is 374 g/mol. The van der Waals surface area contributed by atoms with Gasteiger partial charge in [0.15, 0.2) is 0 Å². The molecule has 27 heavy (non-hydrogen) atoms. The van der Waals surface area contributed by atoms with Crippen molar-refractivity contribution in [1.82, 2.24) is 10.2 Å². The van der Waals surface area contributed by atoms with Crippen molar-refractivity contribution in [2.75, 3.05) is 19.6 Å². The van der Waals surface area contributed by atoms with Gasteiger partial charge in [-0.2, -0.15) is 4.91 Å². The van der Waals surface area contributed by atoms with E-state index in [1.54, 1.807) is 12.1 Å². The van der Waals surface area contributed by atoms with Gasteiger partial charge in [-0.1, -0.05) is 23.8 Å². The molecule has 0 radical (unpaired) electrons. The number of nitrogens with two attached hydrogens (primary N) is 1. The van der Waals surface area contributed by atoms with Crippen LogP contribution in [0.5, 0.6) is 5.75 Å². The summed E-state index contributed by atoms with van der Waals surface area (Å²) in [5, 5.41) is 25.4. The molecule has 10 heteroatoms. The number of nitrogens with one attached hydrogen (secondary N) is 1. The molecule has 0 bridgehead atoms. The SMILES string of the molecule is C=C(CN1CCC(N)C(O)C1)NC1Cc2cccc(C(=O)O)c2OB1N=O. The number of para-hydroxylation sites is 1. The molecule has 0 saturated carbocycles. The first-order valence-corrected chi connectivity index (χ1v) is 8.83. The first kappa shape index (κ1) is 19.3. The van der Waals surface area contributed by atoms with Crippen LogP contribution in [0, 0.1) is 4.91 Å². The second kappa shape index (κ2) is 8.07. The molecule has 2 aliphatic heterocycles. The van der Waals surface area contributed by atoms with Gasteiger partial charge in [-0.15, -0.1) is 0 Å². The smallest absolute Gasteiger partial charge is 0.536 e. The zero-order chi connectivity index (χ0) is 19.6. The van der Waals surface area contributed by atoms with E-state index in [1.165, 1.54) is 6.07 Å². The molecule has 5 N–H and O–H groups in total. The molecule has 1 fully saturated rings. The van der Waals surface area contributed by atoms with E-state index >= 15 is 0 Å². The van der Waals surface area contributed by atoms with Crippen molar-refractivity contribution < 1.29 is 19.7 Å². The highest BCUT2D eigenvalue weighted by Crippen LogP contribution is 2.31. The number of rotatable bonds is 6. The first-order chi connectivity index (χ1) is 12.9. The van der Waals surface area contributed by atoms with Gasteiger partial charge in [0.1, 0.15) is 5.75 Å². The molecule has 2 heterocycles. The molecule has 1 saturated heterocycles. The maximum Gasteiger partial charge on any atom is 0.570 e. The fourth-order valence-electron chi connectivity index (χ4n) is 3.55. The van der Waals surface area contributed by atoms with Crippen molar-refractivity contribution in [2.24, 2.45) is 10.8 Å². The number of carboxylic acids is 1. The number of hydrogen-bond donors (Lipinski definition) is 4. The predicted octanol–water partition coefficient (Wildman–Crippen LogP) is -0.0207. The molecule has 0 amide bonds. The van der Waals surface area contributed by atoms with Crippen LogP contribution in [0.3, 0.4) is 0 Å². The van der Waals surface area contributed by atoms with E-state index in [1.807, 2.05) is 4.90 Å². The first-order valence-electron chi connectivity index (χ1n) is 8.83. The molecule has 144 valence electrons. The molecule has 3 rings (SSSR count). The van der Waals surface area contributed by atoms with Crippen LogP contribution in [0.2, 0.25) is 0 Å². The summed E-state index contributed by atoms with van der Waals surface area (Å²) in [6.45, 7) is 5.70. The third-order valence-corrected chi connectivity index (χ3v) is 4.98. The van der Waals surface area contributed by atoms with E-state index in [9.17, 15) is 19.9 Å². The number of β-amino-alcohol motifs (C(OH)–C–C–N with tert-alkyl or cyclic N) is 1.